The molecule has 0 aliphatic rings. The Morgan fingerprint density at radius 2 is 2.32 bits per heavy atom. The van der Waals surface area contributed by atoms with Crippen LogP contribution in [-0.2, 0) is 22.5 Å². The maximum Gasteiger partial charge on any atom is 0.245 e. The quantitative estimate of drug-likeness (QED) is 0.630. The van der Waals surface area contributed by atoms with Crippen LogP contribution < -0.4 is 5.43 Å². The highest BCUT2D eigenvalue weighted by atomic mass is 32.1. The molecule has 6 heteroatoms. The number of hydrazone groups is 1. The Bertz CT molecular complexity index is 645. The maximum atomic E-state index is 11.8. The molecule has 0 aromatic carbocycles. The number of amides is 1. The van der Waals surface area contributed by atoms with Crippen molar-refractivity contribution in [2.45, 2.75) is 26.8 Å². The fourth-order valence-electron chi connectivity index (χ4n) is 2.27. The van der Waals surface area contributed by atoms with Crippen LogP contribution in [0, 0.1) is 13.8 Å². The minimum Gasteiger partial charge on any atom is -0.383 e. The predicted molar refractivity (Wildman–Crippen MR) is 89.5 cm³/mol. The van der Waals surface area contributed by atoms with Crippen LogP contribution in [0.15, 0.2) is 28.7 Å². The molecule has 0 spiro atoms. The molecule has 0 aliphatic carbocycles. The minimum absolute atomic E-state index is 0.105. The van der Waals surface area contributed by atoms with Crippen molar-refractivity contribution in [2.75, 3.05) is 13.7 Å². The lowest BCUT2D eigenvalue weighted by atomic mass is 10.3. The number of thiophene rings is 1. The summed E-state index contributed by atoms with van der Waals surface area (Å²) < 4.78 is 7.30. The fraction of sp³-hybridized carbons (Fsp3) is 0.375. The van der Waals surface area contributed by atoms with E-state index in [1.165, 1.54) is 0 Å². The number of aromatic nitrogens is 1. The lowest BCUT2D eigenvalue weighted by Crippen LogP contribution is -2.19. The number of methoxy groups -OCH3 is 1. The van der Waals surface area contributed by atoms with Crippen molar-refractivity contribution in [3.63, 3.8) is 0 Å². The van der Waals surface area contributed by atoms with E-state index in [0.717, 1.165) is 28.4 Å². The van der Waals surface area contributed by atoms with Gasteiger partial charge in [-0.3, -0.25) is 4.79 Å². The Hall–Kier alpha value is -1.92. The summed E-state index contributed by atoms with van der Waals surface area (Å²) in [7, 11) is 1.69. The third kappa shape index (κ3) is 4.29. The van der Waals surface area contributed by atoms with Crippen LogP contribution in [0.3, 0.4) is 0 Å². The molecular weight excluding hydrogens is 298 g/mol. The zero-order valence-corrected chi connectivity index (χ0v) is 13.9. The molecule has 0 saturated carbocycles. The molecule has 5 nitrogen and oxygen atoms in total. The smallest absolute Gasteiger partial charge is 0.245 e. The van der Waals surface area contributed by atoms with Crippen LogP contribution in [0.5, 0.6) is 0 Å². The van der Waals surface area contributed by atoms with Crippen LogP contribution in [0.4, 0.5) is 0 Å². The van der Waals surface area contributed by atoms with Crippen molar-refractivity contribution in [3.05, 3.63) is 45.4 Å². The third-order valence-electron chi connectivity index (χ3n) is 3.44. The second-order valence-corrected chi connectivity index (χ2v) is 6.05. The minimum atomic E-state index is -0.105. The molecule has 2 aromatic rings. The van der Waals surface area contributed by atoms with E-state index in [1.807, 2.05) is 24.4 Å². The van der Waals surface area contributed by atoms with E-state index in [0.29, 0.717) is 13.0 Å². The number of nitrogens with zero attached hydrogens (tertiary/aromatic N) is 2. The van der Waals surface area contributed by atoms with Gasteiger partial charge < -0.3 is 9.30 Å². The Morgan fingerprint density at radius 3 is 3.00 bits per heavy atom. The number of carbonyl (C=O) groups is 1. The summed E-state index contributed by atoms with van der Waals surface area (Å²) in [5.41, 5.74) is 5.85. The van der Waals surface area contributed by atoms with Gasteiger partial charge in [0.15, 0.2) is 0 Å². The van der Waals surface area contributed by atoms with Gasteiger partial charge in [-0.2, -0.15) is 5.10 Å². The van der Waals surface area contributed by atoms with Crippen molar-refractivity contribution >= 4 is 23.5 Å². The van der Waals surface area contributed by atoms with Crippen molar-refractivity contribution in [2.24, 2.45) is 5.10 Å². The molecule has 0 saturated heterocycles. The zero-order chi connectivity index (χ0) is 15.9. The summed E-state index contributed by atoms with van der Waals surface area (Å²) >= 11 is 1.57. The van der Waals surface area contributed by atoms with Gasteiger partial charge in [0.05, 0.1) is 19.2 Å². The number of rotatable bonds is 7. The van der Waals surface area contributed by atoms with Crippen LogP contribution in [0.2, 0.25) is 0 Å². The maximum absolute atomic E-state index is 11.8. The van der Waals surface area contributed by atoms with Crippen molar-refractivity contribution in [1.29, 1.82) is 0 Å². The molecule has 0 unspecified atom stereocenters. The van der Waals surface area contributed by atoms with Crippen molar-refractivity contribution < 1.29 is 9.53 Å². The number of hydrogen-bond acceptors (Lipinski definition) is 4. The molecule has 1 N–H and O–H groups in total. The lowest BCUT2D eigenvalue weighted by molar-refractivity contribution is -0.120. The summed E-state index contributed by atoms with van der Waals surface area (Å²) in [6.45, 7) is 5.57. The van der Waals surface area contributed by atoms with Gasteiger partial charge in [0.2, 0.25) is 5.91 Å². The van der Waals surface area contributed by atoms with Crippen molar-refractivity contribution in [3.8, 4) is 0 Å². The van der Waals surface area contributed by atoms with E-state index in [4.69, 9.17) is 4.74 Å². The summed E-state index contributed by atoms with van der Waals surface area (Å²) in [5, 5.41) is 6.01. The van der Waals surface area contributed by atoms with Crippen LogP contribution in [0.1, 0.15) is 21.8 Å². The van der Waals surface area contributed by atoms with Gasteiger partial charge in [-0.1, -0.05) is 6.07 Å². The van der Waals surface area contributed by atoms with Crippen LogP contribution in [0.25, 0.3) is 0 Å². The molecule has 22 heavy (non-hydrogen) atoms. The van der Waals surface area contributed by atoms with Gasteiger partial charge >= 0.3 is 0 Å². The molecule has 2 aromatic heterocycles. The summed E-state index contributed by atoms with van der Waals surface area (Å²) in [5.74, 6) is -0.105. The van der Waals surface area contributed by atoms with Gasteiger partial charge in [-0.05, 0) is 31.4 Å². The summed E-state index contributed by atoms with van der Waals surface area (Å²) in [4.78, 5) is 12.8. The normalized spacial score (nSPS) is 11.2. The average molecular weight is 319 g/mol. The first-order chi connectivity index (χ1) is 10.6. The molecule has 118 valence electrons. The molecule has 0 bridgehead atoms. The molecule has 2 heterocycles. The average Bonchev–Trinajstić information content (AvgIpc) is 3.07. The predicted octanol–water partition coefficient (Wildman–Crippen LogP) is 2.51. The number of carbonyl (C=O) groups excluding carboxylic acids is 1. The standard InChI is InChI=1S/C16H21N3O2S/c1-12-9-14(13(2)19(12)6-7-21-3)11-17-18-16(20)10-15-5-4-8-22-15/h4-5,8-9,11H,6-7,10H2,1-3H3,(H,18,20)/b17-11+. The highest BCUT2D eigenvalue weighted by Gasteiger charge is 2.07. The number of hydrogen-bond donors (Lipinski definition) is 1. The van der Waals surface area contributed by atoms with E-state index >= 15 is 0 Å². The largest absolute Gasteiger partial charge is 0.383 e. The molecule has 0 fully saturated rings. The first-order valence-corrected chi connectivity index (χ1v) is 7.99. The van der Waals surface area contributed by atoms with Crippen LogP contribution >= 0.6 is 11.3 Å². The van der Waals surface area contributed by atoms with Gasteiger partial charge in [-0.15, -0.1) is 11.3 Å². The van der Waals surface area contributed by atoms with E-state index in [1.54, 1.807) is 24.7 Å². The van der Waals surface area contributed by atoms with Gasteiger partial charge in [0.25, 0.3) is 0 Å². The highest BCUT2D eigenvalue weighted by molar-refractivity contribution is 7.10. The topological polar surface area (TPSA) is 55.6 Å². The second kappa shape index (κ2) is 7.91. The van der Waals surface area contributed by atoms with E-state index in [-0.39, 0.29) is 5.91 Å². The van der Waals surface area contributed by atoms with Crippen LogP contribution in [-0.4, -0.2) is 30.4 Å². The lowest BCUT2D eigenvalue weighted by Gasteiger charge is -2.08. The van der Waals surface area contributed by atoms with Gasteiger partial charge in [0, 0.05) is 35.5 Å². The molecule has 0 aliphatic heterocycles. The molecule has 0 radical (unpaired) electrons. The Labute approximate surface area is 134 Å². The first-order valence-electron chi connectivity index (χ1n) is 7.11. The first kappa shape index (κ1) is 16.5. The van der Waals surface area contributed by atoms with E-state index < -0.39 is 0 Å². The summed E-state index contributed by atoms with van der Waals surface area (Å²) in [6, 6.07) is 5.93. The number of nitrogens with one attached hydrogen (secondary N) is 1. The monoisotopic (exact) mass is 319 g/mol. The number of aryl methyl sites for hydroxylation is 1. The third-order valence-corrected chi connectivity index (χ3v) is 4.32. The molecule has 2 rings (SSSR count). The SMILES string of the molecule is COCCn1c(C)cc(/C=N/NC(=O)Cc2cccs2)c1C. The fourth-order valence-corrected chi connectivity index (χ4v) is 2.97. The molecular formula is C16H21N3O2S. The zero-order valence-electron chi connectivity index (χ0n) is 13.1. The summed E-state index contributed by atoms with van der Waals surface area (Å²) in [6.07, 6.45) is 2.06. The van der Waals surface area contributed by atoms with Crippen molar-refractivity contribution in [1.82, 2.24) is 9.99 Å². The van der Waals surface area contributed by atoms with E-state index in [9.17, 15) is 4.79 Å². The molecule has 1 amide bonds. The second-order valence-electron chi connectivity index (χ2n) is 5.02. The Balaban J connectivity index is 1.94. The van der Waals surface area contributed by atoms with E-state index in [2.05, 4.69) is 28.1 Å². The Kier molecular flexibility index (Phi) is 5.91. The van der Waals surface area contributed by atoms with Gasteiger partial charge in [0.1, 0.15) is 0 Å². The number of ether oxygens (including phenoxy) is 1. The highest BCUT2D eigenvalue weighted by Crippen LogP contribution is 2.13. The molecule has 0 atom stereocenters. The Morgan fingerprint density at radius 1 is 1.50 bits per heavy atom. The van der Waals surface area contributed by atoms with Gasteiger partial charge in [-0.25, -0.2) is 5.43 Å².